The van der Waals surface area contributed by atoms with Crippen molar-refractivity contribution in [3.8, 4) is 5.75 Å². The molecule has 0 N–H and O–H groups in total. The maximum absolute atomic E-state index is 12.1. The Morgan fingerprint density at radius 3 is 2.63 bits per heavy atom. The van der Waals surface area contributed by atoms with Crippen LogP contribution in [0.1, 0.15) is 49.5 Å². The molecule has 0 saturated heterocycles. The first-order chi connectivity index (χ1) is 9.22. The molecule has 1 rings (SSSR count). The second-order valence-corrected chi connectivity index (χ2v) is 5.61. The number of hydrogen-bond donors (Lipinski definition) is 0. The van der Waals surface area contributed by atoms with Crippen LogP contribution in [0.5, 0.6) is 5.75 Å². The Hall–Kier alpha value is -0.960. The molecule has 0 bridgehead atoms. The van der Waals surface area contributed by atoms with Gasteiger partial charge in [-0.3, -0.25) is 4.79 Å². The van der Waals surface area contributed by atoms with Gasteiger partial charge in [-0.05, 0) is 48.8 Å². The molecular formula is C16H24O2S. The van der Waals surface area contributed by atoms with Crippen molar-refractivity contribution in [1.29, 1.82) is 0 Å². The van der Waals surface area contributed by atoms with Gasteiger partial charge in [-0.2, -0.15) is 11.8 Å². The van der Waals surface area contributed by atoms with Crippen LogP contribution in [0.3, 0.4) is 0 Å². The Morgan fingerprint density at radius 2 is 2.00 bits per heavy atom. The molecule has 0 aliphatic carbocycles. The van der Waals surface area contributed by atoms with E-state index >= 15 is 0 Å². The zero-order valence-corrected chi connectivity index (χ0v) is 13.0. The fraction of sp³-hybridized carbons (Fsp3) is 0.562. The van der Waals surface area contributed by atoms with Gasteiger partial charge in [0.2, 0.25) is 0 Å². The molecule has 0 amide bonds. The molecule has 1 aromatic carbocycles. The molecule has 3 heteroatoms. The summed E-state index contributed by atoms with van der Waals surface area (Å²) in [4.78, 5) is 12.1. The number of hydrogen-bond acceptors (Lipinski definition) is 3. The van der Waals surface area contributed by atoms with E-state index in [1.54, 1.807) is 11.8 Å². The van der Waals surface area contributed by atoms with Crippen molar-refractivity contribution in [3.63, 3.8) is 0 Å². The van der Waals surface area contributed by atoms with Gasteiger partial charge in [0.15, 0.2) is 5.78 Å². The van der Waals surface area contributed by atoms with Gasteiger partial charge in [0, 0.05) is 5.56 Å². The van der Waals surface area contributed by atoms with Gasteiger partial charge in [-0.15, -0.1) is 0 Å². The number of thioether (sulfide) groups is 1. The average Bonchev–Trinajstić information content (AvgIpc) is 2.45. The number of benzene rings is 1. The molecule has 0 radical (unpaired) electrons. The predicted molar refractivity (Wildman–Crippen MR) is 83.6 cm³/mol. The van der Waals surface area contributed by atoms with E-state index in [0.717, 1.165) is 48.5 Å². The third-order valence-corrected chi connectivity index (χ3v) is 3.97. The summed E-state index contributed by atoms with van der Waals surface area (Å²) in [5, 5.41) is 0. The lowest BCUT2D eigenvalue weighted by atomic mass is 10.1. The van der Waals surface area contributed by atoms with E-state index in [9.17, 15) is 4.79 Å². The monoisotopic (exact) mass is 280 g/mol. The third-order valence-electron chi connectivity index (χ3n) is 2.81. The smallest absolute Gasteiger partial charge is 0.172 e. The lowest BCUT2D eigenvalue weighted by Crippen LogP contribution is -2.05. The molecule has 1 aromatic rings. The fourth-order valence-corrected chi connectivity index (χ4v) is 2.56. The van der Waals surface area contributed by atoms with E-state index in [-0.39, 0.29) is 5.78 Å². The number of carbonyl (C=O) groups is 1. The van der Waals surface area contributed by atoms with Gasteiger partial charge in [0.1, 0.15) is 5.75 Å². The second kappa shape index (κ2) is 9.03. The van der Waals surface area contributed by atoms with Crippen LogP contribution in [0.4, 0.5) is 0 Å². The van der Waals surface area contributed by atoms with Crippen molar-refractivity contribution in [2.45, 2.75) is 40.0 Å². The fourth-order valence-electron chi connectivity index (χ4n) is 1.77. The van der Waals surface area contributed by atoms with Gasteiger partial charge in [0.25, 0.3) is 0 Å². The standard InChI is InChI=1S/C16H24O2S/c1-4-9-18-16-8-7-14(11-13(16)6-3)15(17)12-19-10-5-2/h7-8,11H,4-6,9-10,12H2,1-3H3. The summed E-state index contributed by atoms with van der Waals surface area (Å²) in [5.41, 5.74) is 1.93. The quantitative estimate of drug-likeness (QED) is 0.496. The normalized spacial score (nSPS) is 10.5. The lowest BCUT2D eigenvalue weighted by molar-refractivity contribution is 0.102. The van der Waals surface area contributed by atoms with Crippen LogP contribution in [0, 0.1) is 0 Å². The minimum absolute atomic E-state index is 0.218. The first-order valence-electron chi connectivity index (χ1n) is 7.09. The van der Waals surface area contributed by atoms with Crippen LogP contribution < -0.4 is 4.74 Å². The number of ether oxygens (including phenoxy) is 1. The molecule has 2 nitrogen and oxygen atoms in total. The van der Waals surface area contributed by atoms with Crippen LogP contribution >= 0.6 is 11.8 Å². The summed E-state index contributed by atoms with van der Waals surface area (Å²) in [6, 6.07) is 5.81. The summed E-state index contributed by atoms with van der Waals surface area (Å²) in [5.74, 6) is 2.76. The Balaban J connectivity index is 2.72. The van der Waals surface area contributed by atoms with Gasteiger partial charge >= 0.3 is 0 Å². The zero-order valence-electron chi connectivity index (χ0n) is 12.2. The van der Waals surface area contributed by atoms with Crippen molar-refractivity contribution in [1.82, 2.24) is 0 Å². The van der Waals surface area contributed by atoms with E-state index in [4.69, 9.17) is 4.74 Å². The number of carbonyl (C=O) groups excluding carboxylic acids is 1. The number of Topliss-reactive ketones (excluding diaryl/α,β-unsaturated/α-hetero) is 1. The molecular weight excluding hydrogens is 256 g/mol. The molecule has 0 aliphatic rings. The van der Waals surface area contributed by atoms with Crippen molar-refractivity contribution >= 4 is 17.5 Å². The summed E-state index contributed by atoms with van der Waals surface area (Å²) >= 11 is 1.71. The van der Waals surface area contributed by atoms with Crippen molar-refractivity contribution in [2.24, 2.45) is 0 Å². The van der Waals surface area contributed by atoms with Gasteiger partial charge < -0.3 is 4.74 Å². The Kier molecular flexibility index (Phi) is 7.65. The minimum atomic E-state index is 0.218. The van der Waals surface area contributed by atoms with Crippen LogP contribution in [0.2, 0.25) is 0 Å². The maximum Gasteiger partial charge on any atom is 0.172 e. The van der Waals surface area contributed by atoms with Gasteiger partial charge in [-0.25, -0.2) is 0 Å². The number of aryl methyl sites for hydroxylation is 1. The van der Waals surface area contributed by atoms with Gasteiger partial charge in [0.05, 0.1) is 12.4 Å². The molecule has 0 aromatic heterocycles. The van der Waals surface area contributed by atoms with Crippen molar-refractivity contribution < 1.29 is 9.53 Å². The first-order valence-corrected chi connectivity index (χ1v) is 8.25. The number of ketones is 1. The van der Waals surface area contributed by atoms with Gasteiger partial charge in [-0.1, -0.05) is 20.8 Å². The molecule has 0 fully saturated rings. The zero-order chi connectivity index (χ0) is 14.1. The average molecular weight is 280 g/mol. The molecule has 0 atom stereocenters. The summed E-state index contributed by atoms with van der Waals surface area (Å²) in [7, 11) is 0. The van der Waals surface area contributed by atoms with E-state index in [1.165, 1.54) is 0 Å². The van der Waals surface area contributed by atoms with Crippen molar-refractivity contribution in [2.75, 3.05) is 18.1 Å². The highest BCUT2D eigenvalue weighted by Crippen LogP contribution is 2.22. The molecule has 0 aliphatic heterocycles. The molecule has 0 saturated carbocycles. The van der Waals surface area contributed by atoms with E-state index in [2.05, 4.69) is 20.8 Å². The summed E-state index contributed by atoms with van der Waals surface area (Å²) in [6.45, 7) is 7.04. The minimum Gasteiger partial charge on any atom is -0.493 e. The molecule has 0 spiro atoms. The highest BCUT2D eigenvalue weighted by Gasteiger charge is 2.09. The van der Waals surface area contributed by atoms with Crippen molar-refractivity contribution in [3.05, 3.63) is 29.3 Å². The van der Waals surface area contributed by atoms with E-state index < -0.39 is 0 Å². The maximum atomic E-state index is 12.1. The largest absolute Gasteiger partial charge is 0.493 e. The molecule has 106 valence electrons. The van der Waals surface area contributed by atoms with Crippen LogP contribution in [0.15, 0.2) is 18.2 Å². The second-order valence-electron chi connectivity index (χ2n) is 4.50. The highest BCUT2D eigenvalue weighted by atomic mass is 32.2. The first kappa shape index (κ1) is 16.1. The Labute approximate surface area is 120 Å². The lowest BCUT2D eigenvalue weighted by Gasteiger charge is -2.11. The molecule has 0 unspecified atom stereocenters. The SMILES string of the molecule is CCCOc1ccc(C(=O)CSCCC)cc1CC. The van der Waals surface area contributed by atoms with E-state index in [1.807, 2.05) is 18.2 Å². The van der Waals surface area contributed by atoms with Crippen LogP contribution in [-0.2, 0) is 6.42 Å². The third kappa shape index (κ3) is 5.27. The van der Waals surface area contributed by atoms with Crippen LogP contribution in [-0.4, -0.2) is 23.9 Å². The molecule has 0 heterocycles. The number of rotatable bonds is 9. The molecule has 19 heavy (non-hydrogen) atoms. The summed E-state index contributed by atoms with van der Waals surface area (Å²) < 4.78 is 5.69. The Bertz CT molecular complexity index is 402. The summed E-state index contributed by atoms with van der Waals surface area (Å²) in [6.07, 6.45) is 3.00. The topological polar surface area (TPSA) is 26.3 Å². The Morgan fingerprint density at radius 1 is 1.21 bits per heavy atom. The predicted octanol–water partition coefficient (Wildman–Crippen LogP) is 4.36. The van der Waals surface area contributed by atoms with Crippen LogP contribution in [0.25, 0.3) is 0 Å². The van der Waals surface area contributed by atoms with E-state index in [0.29, 0.717) is 5.75 Å². The highest BCUT2D eigenvalue weighted by molar-refractivity contribution is 7.99.